The van der Waals surface area contributed by atoms with Crippen molar-refractivity contribution in [3.63, 3.8) is 0 Å². The predicted molar refractivity (Wildman–Crippen MR) is 125 cm³/mol. The van der Waals surface area contributed by atoms with E-state index in [9.17, 15) is 0 Å². The van der Waals surface area contributed by atoms with E-state index in [2.05, 4.69) is 34.6 Å². The molecule has 2 atom stereocenters. The normalized spacial score (nSPS) is 21.2. The number of guanidine groups is 1. The van der Waals surface area contributed by atoms with Crippen LogP contribution in [0.4, 0.5) is 0 Å². The van der Waals surface area contributed by atoms with E-state index in [4.69, 9.17) is 14.5 Å². The highest BCUT2D eigenvalue weighted by Gasteiger charge is 2.26. The molecule has 2 heterocycles. The van der Waals surface area contributed by atoms with E-state index in [1.54, 1.807) is 7.11 Å². The number of likely N-dealkylation sites (tertiary alicyclic amines) is 1. The molecule has 3 rings (SSSR count). The molecule has 2 N–H and O–H groups in total. The summed E-state index contributed by atoms with van der Waals surface area (Å²) in [4.78, 5) is 7.45. The van der Waals surface area contributed by atoms with Crippen molar-refractivity contribution in [2.75, 3.05) is 46.4 Å². The van der Waals surface area contributed by atoms with Gasteiger partial charge in [-0.15, -0.1) is 24.0 Å². The first kappa shape index (κ1) is 23.2. The lowest BCUT2D eigenvalue weighted by Gasteiger charge is -2.28. The van der Waals surface area contributed by atoms with E-state index in [0.717, 1.165) is 57.3 Å². The minimum absolute atomic E-state index is 0. The third-order valence-electron chi connectivity index (χ3n) is 5.37. The number of benzene rings is 1. The second kappa shape index (κ2) is 12.5. The molecule has 0 aromatic heterocycles. The van der Waals surface area contributed by atoms with Crippen molar-refractivity contribution in [2.24, 2.45) is 4.99 Å². The van der Waals surface area contributed by atoms with Crippen LogP contribution in [0.3, 0.4) is 0 Å². The Balaban J connectivity index is 0.00000280. The van der Waals surface area contributed by atoms with Gasteiger partial charge in [-0.3, -0.25) is 9.89 Å². The standard InChI is InChI=1S/C21H34N4O2.HI/c1-3-22-21(23-15-17-9-8-14-27-17)24-16-19(25-12-6-7-13-25)18-10-4-5-11-20(18)26-2;/h4-5,10-11,17,19H,3,6-9,12-16H2,1-2H3,(H2,22,23,24);1H. The quantitative estimate of drug-likeness (QED) is 0.325. The van der Waals surface area contributed by atoms with Gasteiger partial charge in [0.05, 0.1) is 25.8 Å². The molecule has 0 radical (unpaired) electrons. The molecule has 2 saturated heterocycles. The number of nitrogens with zero attached hydrogens (tertiary/aromatic N) is 2. The highest BCUT2D eigenvalue weighted by Crippen LogP contribution is 2.31. The van der Waals surface area contributed by atoms with Gasteiger partial charge < -0.3 is 20.1 Å². The number of nitrogens with one attached hydrogen (secondary N) is 2. The molecule has 0 spiro atoms. The van der Waals surface area contributed by atoms with E-state index < -0.39 is 0 Å². The molecule has 0 saturated carbocycles. The van der Waals surface area contributed by atoms with E-state index in [-0.39, 0.29) is 30.0 Å². The van der Waals surface area contributed by atoms with Crippen molar-refractivity contribution >= 4 is 29.9 Å². The Bertz CT molecular complexity index is 602. The van der Waals surface area contributed by atoms with E-state index in [0.29, 0.717) is 12.6 Å². The van der Waals surface area contributed by atoms with Crippen LogP contribution in [0, 0.1) is 0 Å². The van der Waals surface area contributed by atoms with Crippen molar-refractivity contribution in [1.29, 1.82) is 0 Å². The molecule has 2 fully saturated rings. The first-order chi connectivity index (χ1) is 13.3. The van der Waals surface area contributed by atoms with Crippen LogP contribution in [0.2, 0.25) is 0 Å². The Morgan fingerprint density at radius 3 is 2.71 bits per heavy atom. The first-order valence-electron chi connectivity index (χ1n) is 10.3. The van der Waals surface area contributed by atoms with Crippen molar-refractivity contribution in [2.45, 2.75) is 44.8 Å². The summed E-state index contributed by atoms with van der Waals surface area (Å²) < 4.78 is 11.4. The van der Waals surface area contributed by atoms with E-state index in [1.807, 2.05) is 12.1 Å². The average molecular weight is 502 g/mol. The molecular formula is C21H35IN4O2. The summed E-state index contributed by atoms with van der Waals surface area (Å²) in [5, 5.41) is 6.82. The minimum Gasteiger partial charge on any atom is -0.496 e. The fraction of sp³-hybridized carbons (Fsp3) is 0.667. The number of aliphatic imine (C=N–C) groups is 1. The second-order valence-corrected chi connectivity index (χ2v) is 7.24. The van der Waals surface area contributed by atoms with Crippen molar-refractivity contribution in [3.8, 4) is 5.75 Å². The summed E-state index contributed by atoms with van der Waals surface area (Å²) in [5.74, 6) is 1.81. The Kier molecular flexibility index (Phi) is 10.4. The third-order valence-corrected chi connectivity index (χ3v) is 5.37. The van der Waals surface area contributed by atoms with Gasteiger partial charge in [0.2, 0.25) is 0 Å². The highest BCUT2D eigenvalue weighted by molar-refractivity contribution is 14.0. The van der Waals surface area contributed by atoms with Crippen LogP contribution >= 0.6 is 24.0 Å². The SMILES string of the molecule is CCNC(=NCC(c1ccccc1OC)N1CCCC1)NCC1CCCO1.I. The van der Waals surface area contributed by atoms with Crippen LogP contribution in [0.1, 0.15) is 44.2 Å². The van der Waals surface area contributed by atoms with Crippen LogP contribution in [0.15, 0.2) is 29.3 Å². The lowest BCUT2D eigenvalue weighted by atomic mass is 10.0. The Morgan fingerprint density at radius 1 is 1.25 bits per heavy atom. The molecule has 2 aliphatic rings. The van der Waals surface area contributed by atoms with Gasteiger partial charge in [0.25, 0.3) is 0 Å². The summed E-state index contributed by atoms with van der Waals surface area (Å²) in [7, 11) is 1.75. The summed E-state index contributed by atoms with van der Waals surface area (Å²) in [6.45, 7) is 7.60. The lowest BCUT2D eigenvalue weighted by Crippen LogP contribution is -2.41. The molecular weight excluding hydrogens is 467 g/mol. The third kappa shape index (κ3) is 6.49. The number of methoxy groups -OCH3 is 1. The monoisotopic (exact) mass is 502 g/mol. The molecule has 7 heteroatoms. The van der Waals surface area contributed by atoms with Gasteiger partial charge in [0, 0.05) is 25.3 Å². The molecule has 158 valence electrons. The predicted octanol–water partition coefficient (Wildman–Crippen LogP) is 3.18. The van der Waals surface area contributed by atoms with Crippen LogP contribution in [-0.4, -0.2) is 63.4 Å². The molecule has 1 aromatic carbocycles. The molecule has 28 heavy (non-hydrogen) atoms. The summed E-state index contributed by atoms with van der Waals surface area (Å²) in [5.41, 5.74) is 1.22. The number of halogens is 1. The Morgan fingerprint density at radius 2 is 2.04 bits per heavy atom. The number of rotatable bonds is 8. The molecule has 0 amide bonds. The maximum Gasteiger partial charge on any atom is 0.191 e. The fourth-order valence-corrected chi connectivity index (χ4v) is 3.94. The smallest absolute Gasteiger partial charge is 0.191 e. The number of ether oxygens (including phenoxy) is 2. The lowest BCUT2D eigenvalue weighted by molar-refractivity contribution is 0.113. The molecule has 1 aromatic rings. The molecule has 6 nitrogen and oxygen atoms in total. The number of hydrogen-bond acceptors (Lipinski definition) is 4. The van der Waals surface area contributed by atoms with Crippen LogP contribution in [0.5, 0.6) is 5.75 Å². The van der Waals surface area contributed by atoms with Crippen molar-refractivity contribution < 1.29 is 9.47 Å². The highest BCUT2D eigenvalue weighted by atomic mass is 127. The summed E-state index contributed by atoms with van der Waals surface area (Å²) in [6.07, 6.45) is 5.10. The molecule has 2 unspecified atom stereocenters. The van der Waals surface area contributed by atoms with Gasteiger partial charge in [0.1, 0.15) is 5.75 Å². The number of para-hydroxylation sites is 1. The van der Waals surface area contributed by atoms with Crippen LogP contribution in [0.25, 0.3) is 0 Å². The molecule has 2 aliphatic heterocycles. The van der Waals surface area contributed by atoms with Gasteiger partial charge in [-0.25, -0.2) is 0 Å². The fourth-order valence-electron chi connectivity index (χ4n) is 3.94. The van der Waals surface area contributed by atoms with E-state index in [1.165, 1.54) is 18.4 Å². The van der Waals surface area contributed by atoms with Gasteiger partial charge in [-0.2, -0.15) is 0 Å². The molecule has 0 aliphatic carbocycles. The first-order valence-corrected chi connectivity index (χ1v) is 10.3. The van der Waals surface area contributed by atoms with Crippen molar-refractivity contribution in [1.82, 2.24) is 15.5 Å². The van der Waals surface area contributed by atoms with Crippen LogP contribution in [-0.2, 0) is 4.74 Å². The van der Waals surface area contributed by atoms with Crippen LogP contribution < -0.4 is 15.4 Å². The summed E-state index contributed by atoms with van der Waals surface area (Å²) in [6, 6.07) is 8.57. The Hall–Kier alpha value is -1.06. The maximum absolute atomic E-state index is 5.72. The zero-order valence-corrected chi connectivity index (χ0v) is 19.5. The zero-order chi connectivity index (χ0) is 18.9. The maximum atomic E-state index is 5.72. The minimum atomic E-state index is 0. The second-order valence-electron chi connectivity index (χ2n) is 7.24. The van der Waals surface area contributed by atoms with Crippen molar-refractivity contribution in [3.05, 3.63) is 29.8 Å². The molecule has 0 bridgehead atoms. The van der Waals surface area contributed by atoms with Gasteiger partial charge in [0.15, 0.2) is 5.96 Å². The van der Waals surface area contributed by atoms with E-state index >= 15 is 0 Å². The summed E-state index contributed by atoms with van der Waals surface area (Å²) >= 11 is 0. The average Bonchev–Trinajstić information content (AvgIpc) is 3.41. The largest absolute Gasteiger partial charge is 0.496 e. The number of hydrogen-bond donors (Lipinski definition) is 2. The zero-order valence-electron chi connectivity index (χ0n) is 17.2. The Labute approximate surface area is 186 Å². The van der Waals surface area contributed by atoms with Gasteiger partial charge >= 0.3 is 0 Å². The topological polar surface area (TPSA) is 58.1 Å². The van der Waals surface area contributed by atoms with Gasteiger partial charge in [-0.1, -0.05) is 18.2 Å². The van der Waals surface area contributed by atoms with Gasteiger partial charge in [-0.05, 0) is 51.8 Å².